The summed E-state index contributed by atoms with van der Waals surface area (Å²) in [4.78, 5) is 50.8. The number of benzene rings is 1. The number of imide groups is 1. The first kappa shape index (κ1) is 19.6. The number of nitrogens with one attached hydrogen (secondary N) is 1. The number of rotatable bonds is 5. The molecule has 1 aromatic carbocycles. The number of ether oxygens (including phenoxy) is 1. The molecular formula is C21H19N3O6. The molecule has 0 bridgehead atoms. The second kappa shape index (κ2) is 7.94. The van der Waals surface area contributed by atoms with Gasteiger partial charge < -0.3 is 14.6 Å². The van der Waals surface area contributed by atoms with Gasteiger partial charge in [0.25, 0.3) is 5.91 Å². The highest BCUT2D eigenvalue weighted by molar-refractivity contribution is 6.22. The summed E-state index contributed by atoms with van der Waals surface area (Å²) in [5.41, 5.74) is 0.447. The lowest BCUT2D eigenvalue weighted by Gasteiger charge is -2.15. The number of carbonyl (C=O) groups excluding carboxylic acids is 4. The normalized spacial score (nSPS) is 20.2. The molecular weight excluding hydrogens is 390 g/mol. The van der Waals surface area contributed by atoms with E-state index in [-0.39, 0.29) is 35.0 Å². The first-order valence-corrected chi connectivity index (χ1v) is 9.47. The molecule has 0 radical (unpaired) electrons. The summed E-state index contributed by atoms with van der Waals surface area (Å²) >= 11 is 0. The molecule has 9 heteroatoms. The zero-order valence-corrected chi connectivity index (χ0v) is 16.2. The highest BCUT2D eigenvalue weighted by Gasteiger charge is 2.47. The van der Waals surface area contributed by atoms with Crippen molar-refractivity contribution in [3.8, 4) is 0 Å². The topological polar surface area (TPSA) is 119 Å². The van der Waals surface area contributed by atoms with E-state index >= 15 is 0 Å². The van der Waals surface area contributed by atoms with E-state index in [0.29, 0.717) is 24.3 Å². The largest absolute Gasteiger partial charge is 0.452 e. The Kier molecular flexibility index (Phi) is 5.18. The SMILES string of the molecule is Cc1cc(NC(=O)COC(=O)c2cccc(N3C(=O)[C@H]4CC=CC[C@@H]4C3=O)c2)no1. The molecule has 1 aliphatic carbocycles. The predicted molar refractivity (Wildman–Crippen MR) is 104 cm³/mol. The summed E-state index contributed by atoms with van der Waals surface area (Å²) in [7, 11) is 0. The van der Waals surface area contributed by atoms with Gasteiger partial charge in [0.15, 0.2) is 12.4 Å². The van der Waals surface area contributed by atoms with Crippen molar-refractivity contribution in [2.75, 3.05) is 16.8 Å². The van der Waals surface area contributed by atoms with E-state index in [1.165, 1.54) is 18.2 Å². The lowest BCUT2D eigenvalue weighted by atomic mass is 9.85. The zero-order chi connectivity index (χ0) is 21.3. The maximum absolute atomic E-state index is 12.7. The van der Waals surface area contributed by atoms with Crippen LogP contribution in [0.4, 0.5) is 11.5 Å². The second-order valence-corrected chi connectivity index (χ2v) is 7.17. The zero-order valence-electron chi connectivity index (χ0n) is 16.2. The second-order valence-electron chi connectivity index (χ2n) is 7.17. The highest BCUT2D eigenvalue weighted by Crippen LogP contribution is 2.37. The Morgan fingerprint density at radius 1 is 1.17 bits per heavy atom. The number of hydrogen-bond donors (Lipinski definition) is 1. The molecule has 4 rings (SSSR count). The number of amides is 3. The Hall–Kier alpha value is -3.75. The van der Waals surface area contributed by atoms with E-state index in [9.17, 15) is 19.2 Å². The number of allylic oxidation sites excluding steroid dienone is 2. The van der Waals surface area contributed by atoms with Crippen molar-refractivity contribution >= 4 is 35.2 Å². The number of esters is 1. The minimum absolute atomic E-state index is 0.131. The molecule has 0 unspecified atom stereocenters. The highest BCUT2D eigenvalue weighted by atomic mass is 16.5. The lowest BCUT2D eigenvalue weighted by Crippen LogP contribution is -2.31. The van der Waals surface area contributed by atoms with E-state index in [1.54, 1.807) is 19.1 Å². The molecule has 0 spiro atoms. The van der Waals surface area contributed by atoms with Crippen molar-refractivity contribution in [3.63, 3.8) is 0 Å². The lowest BCUT2D eigenvalue weighted by molar-refractivity contribution is -0.122. The smallest absolute Gasteiger partial charge is 0.338 e. The predicted octanol–water partition coefficient (Wildman–Crippen LogP) is 2.23. The van der Waals surface area contributed by atoms with Gasteiger partial charge in [-0.2, -0.15) is 0 Å². The quantitative estimate of drug-likeness (QED) is 0.457. The van der Waals surface area contributed by atoms with Crippen LogP contribution in [0, 0.1) is 18.8 Å². The van der Waals surface area contributed by atoms with Crippen molar-refractivity contribution in [2.24, 2.45) is 11.8 Å². The van der Waals surface area contributed by atoms with Crippen LogP contribution in [0.2, 0.25) is 0 Å². The minimum atomic E-state index is -0.749. The number of aryl methyl sites for hydroxylation is 1. The van der Waals surface area contributed by atoms with Gasteiger partial charge in [-0.1, -0.05) is 23.4 Å². The first-order chi connectivity index (χ1) is 14.4. The van der Waals surface area contributed by atoms with Crippen molar-refractivity contribution in [2.45, 2.75) is 19.8 Å². The Balaban J connectivity index is 1.41. The van der Waals surface area contributed by atoms with Crippen molar-refractivity contribution < 1.29 is 28.4 Å². The number of fused-ring (bicyclic) bond motifs is 1. The summed E-state index contributed by atoms with van der Waals surface area (Å²) < 4.78 is 9.87. The molecule has 2 aliphatic rings. The summed E-state index contributed by atoms with van der Waals surface area (Å²) in [6.45, 7) is 1.16. The molecule has 1 aromatic heterocycles. The monoisotopic (exact) mass is 409 g/mol. The number of aromatic nitrogens is 1. The fourth-order valence-corrected chi connectivity index (χ4v) is 3.65. The minimum Gasteiger partial charge on any atom is -0.452 e. The maximum Gasteiger partial charge on any atom is 0.338 e. The first-order valence-electron chi connectivity index (χ1n) is 9.47. The molecule has 2 atom stereocenters. The van der Waals surface area contributed by atoms with Crippen molar-refractivity contribution in [3.05, 3.63) is 53.8 Å². The Morgan fingerprint density at radius 3 is 2.50 bits per heavy atom. The van der Waals surface area contributed by atoms with E-state index in [4.69, 9.17) is 9.26 Å². The van der Waals surface area contributed by atoms with Gasteiger partial charge in [0.2, 0.25) is 11.8 Å². The molecule has 9 nitrogen and oxygen atoms in total. The van der Waals surface area contributed by atoms with E-state index in [2.05, 4.69) is 10.5 Å². The van der Waals surface area contributed by atoms with Gasteiger partial charge in [-0.25, -0.2) is 4.79 Å². The Labute approximate surface area is 171 Å². The van der Waals surface area contributed by atoms with Gasteiger partial charge in [0.05, 0.1) is 23.1 Å². The summed E-state index contributed by atoms with van der Waals surface area (Å²) in [5, 5.41) is 6.06. The summed E-state index contributed by atoms with van der Waals surface area (Å²) in [6.07, 6.45) is 4.89. The molecule has 2 aromatic rings. The van der Waals surface area contributed by atoms with Crippen LogP contribution in [0.5, 0.6) is 0 Å². The third-order valence-electron chi connectivity index (χ3n) is 5.08. The van der Waals surface area contributed by atoms with Crippen molar-refractivity contribution in [1.82, 2.24) is 5.16 Å². The number of carbonyl (C=O) groups is 4. The molecule has 3 amide bonds. The van der Waals surface area contributed by atoms with Crippen LogP contribution in [0.1, 0.15) is 29.0 Å². The number of hydrogen-bond acceptors (Lipinski definition) is 7. The number of nitrogens with zero attached hydrogens (tertiary/aromatic N) is 2. The number of anilines is 2. The van der Waals surface area contributed by atoms with Crippen LogP contribution in [-0.4, -0.2) is 35.5 Å². The van der Waals surface area contributed by atoms with Gasteiger partial charge in [0.1, 0.15) is 5.76 Å². The molecule has 0 saturated carbocycles. The fourth-order valence-electron chi connectivity index (χ4n) is 3.65. The van der Waals surface area contributed by atoms with Crippen LogP contribution in [0.3, 0.4) is 0 Å². The van der Waals surface area contributed by atoms with Crippen LogP contribution >= 0.6 is 0 Å². The maximum atomic E-state index is 12.7. The molecule has 154 valence electrons. The van der Waals surface area contributed by atoms with E-state index < -0.39 is 18.5 Å². The van der Waals surface area contributed by atoms with E-state index in [1.807, 2.05) is 12.2 Å². The summed E-state index contributed by atoms with van der Waals surface area (Å²) in [5.74, 6) is -1.82. The Bertz CT molecular complexity index is 1030. The fraction of sp³-hybridized carbons (Fsp3) is 0.286. The standard InChI is InChI=1S/C21H19N3O6/c1-12-9-17(23-30-12)22-18(25)11-29-21(28)13-5-4-6-14(10-13)24-19(26)15-7-2-3-8-16(15)20(24)27/h2-6,9-10,15-16H,7-8,11H2,1H3,(H,22,23,25)/t15-,16-/m0/s1. The molecule has 1 aliphatic heterocycles. The third kappa shape index (κ3) is 3.73. The van der Waals surface area contributed by atoms with Crippen LogP contribution in [0.25, 0.3) is 0 Å². The molecule has 1 N–H and O–H groups in total. The van der Waals surface area contributed by atoms with Crippen molar-refractivity contribution in [1.29, 1.82) is 0 Å². The van der Waals surface area contributed by atoms with Gasteiger partial charge in [-0.05, 0) is 38.0 Å². The van der Waals surface area contributed by atoms with E-state index in [0.717, 1.165) is 4.90 Å². The third-order valence-corrected chi connectivity index (χ3v) is 5.08. The van der Waals surface area contributed by atoms with Crippen LogP contribution < -0.4 is 10.2 Å². The van der Waals surface area contributed by atoms with Crippen LogP contribution in [0.15, 0.2) is 47.0 Å². The molecule has 1 saturated heterocycles. The van der Waals surface area contributed by atoms with Gasteiger partial charge in [-0.15, -0.1) is 0 Å². The molecule has 2 heterocycles. The van der Waals surface area contributed by atoms with Gasteiger partial charge in [-0.3, -0.25) is 19.3 Å². The molecule has 30 heavy (non-hydrogen) atoms. The summed E-state index contributed by atoms with van der Waals surface area (Å²) in [6, 6.07) is 7.59. The van der Waals surface area contributed by atoms with Crippen LogP contribution in [-0.2, 0) is 19.1 Å². The Morgan fingerprint density at radius 2 is 1.87 bits per heavy atom. The molecule has 1 fully saturated rings. The van der Waals surface area contributed by atoms with Gasteiger partial charge in [0, 0.05) is 6.07 Å². The van der Waals surface area contributed by atoms with Gasteiger partial charge >= 0.3 is 5.97 Å². The average molecular weight is 409 g/mol. The average Bonchev–Trinajstić information content (AvgIpc) is 3.27.